The minimum Gasteiger partial charge on any atom is -0.147 e. The molecular formula is C11H15Cl. The highest BCUT2D eigenvalue weighted by atomic mass is 35.5. The second kappa shape index (κ2) is 3.49. The molecule has 0 saturated carbocycles. The van der Waals surface area contributed by atoms with Crippen LogP contribution in [-0.2, 0) is 12.8 Å². The van der Waals surface area contributed by atoms with Crippen molar-refractivity contribution in [3.05, 3.63) is 34.9 Å². The molecule has 0 nitrogen and oxygen atoms in total. The summed E-state index contributed by atoms with van der Waals surface area (Å²) in [6, 6.07) is 6.84. The lowest BCUT2D eigenvalue weighted by Crippen LogP contribution is -1.89. The molecule has 66 valence electrons. The first kappa shape index (κ1) is 9.60. The smallest absolute Gasteiger partial charge is 0.0247 e. The minimum absolute atomic E-state index is 0. The average Bonchev–Trinajstić information content (AvgIpc) is 2.27. The molecule has 0 heterocycles. The third-order valence-corrected chi connectivity index (χ3v) is 2.50. The number of fused-ring (bicyclic) bond motifs is 1. The molecule has 1 aliphatic rings. The summed E-state index contributed by atoms with van der Waals surface area (Å²) in [5.74, 6) is 0.867. The topological polar surface area (TPSA) is 0 Å². The third kappa shape index (κ3) is 1.64. The Bertz CT molecular complexity index is 278. The summed E-state index contributed by atoms with van der Waals surface area (Å²) < 4.78 is 0. The van der Waals surface area contributed by atoms with Crippen molar-refractivity contribution in [3.8, 4) is 0 Å². The summed E-state index contributed by atoms with van der Waals surface area (Å²) in [4.78, 5) is 0. The van der Waals surface area contributed by atoms with Gasteiger partial charge < -0.3 is 0 Å². The van der Waals surface area contributed by atoms with Gasteiger partial charge in [0.1, 0.15) is 0 Å². The normalized spacial score (nSPS) is 20.0. The van der Waals surface area contributed by atoms with Crippen LogP contribution in [0.3, 0.4) is 0 Å². The monoisotopic (exact) mass is 182 g/mol. The van der Waals surface area contributed by atoms with Crippen LogP contribution in [0, 0.1) is 12.8 Å². The van der Waals surface area contributed by atoms with E-state index in [0.29, 0.717) is 0 Å². The molecule has 0 bridgehead atoms. The van der Waals surface area contributed by atoms with Crippen LogP contribution in [0.2, 0.25) is 0 Å². The van der Waals surface area contributed by atoms with Crippen LogP contribution < -0.4 is 0 Å². The van der Waals surface area contributed by atoms with Crippen LogP contribution >= 0.6 is 12.4 Å². The standard InChI is InChI=1S/C11H14.ClH/c1-8-3-4-10-6-9(2)7-11(10)5-8;/h3-5,9H,6-7H2,1-2H3;1H. The molecule has 1 unspecified atom stereocenters. The van der Waals surface area contributed by atoms with Crippen LogP contribution in [-0.4, -0.2) is 0 Å². The van der Waals surface area contributed by atoms with Gasteiger partial charge in [-0.2, -0.15) is 0 Å². The van der Waals surface area contributed by atoms with E-state index < -0.39 is 0 Å². The molecule has 0 aromatic heterocycles. The molecule has 1 aromatic rings. The highest BCUT2D eigenvalue weighted by Gasteiger charge is 2.16. The number of halogens is 1. The van der Waals surface area contributed by atoms with Gasteiger partial charge >= 0.3 is 0 Å². The molecule has 12 heavy (non-hydrogen) atoms. The van der Waals surface area contributed by atoms with Crippen molar-refractivity contribution in [2.45, 2.75) is 26.7 Å². The first-order valence-corrected chi connectivity index (χ1v) is 4.34. The Kier molecular flexibility index (Phi) is 2.79. The van der Waals surface area contributed by atoms with Crippen LogP contribution in [0.4, 0.5) is 0 Å². The van der Waals surface area contributed by atoms with E-state index in [2.05, 4.69) is 32.0 Å². The van der Waals surface area contributed by atoms with Gasteiger partial charge in [-0.05, 0) is 36.8 Å². The third-order valence-electron chi connectivity index (χ3n) is 2.50. The molecule has 1 atom stereocenters. The highest BCUT2D eigenvalue weighted by Crippen LogP contribution is 2.26. The van der Waals surface area contributed by atoms with Crippen LogP contribution in [0.25, 0.3) is 0 Å². The van der Waals surface area contributed by atoms with Crippen molar-refractivity contribution < 1.29 is 0 Å². The lowest BCUT2D eigenvalue weighted by atomic mass is 10.1. The van der Waals surface area contributed by atoms with Gasteiger partial charge in [0.25, 0.3) is 0 Å². The molecule has 0 aliphatic heterocycles. The zero-order chi connectivity index (χ0) is 7.84. The quantitative estimate of drug-likeness (QED) is 0.579. The maximum absolute atomic E-state index is 2.33. The van der Waals surface area contributed by atoms with Gasteiger partial charge in [0.15, 0.2) is 0 Å². The molecule has 0 amide bonds. The van der Waals surface area contributed by atoms with Gasteiger partial charge in [0.2, 0.25) is 0 Å². The van der Waals surface area contributed by atoms with Gasteiger partial charge in [-0.25, -0.2) is 0 Å². The fraction of sp³-hybridized carbons (Fsp3) is 0.455. The first-order chi connectivity index (χ1) is 5.25. The molecule has 0 spiro atoms. The van der Waals surface area contributed by atoms with E-state index in [0.717, 1.165) is 5.92 Å². The highest BCUT2D eigenvalue weighted by molar-refractivity contribution is 5.85. The molecule has 0 N–H and O–H groups in total. The molecule has 1 aromatic carbocycles. The van der Waals surface area contributed by atoms with E-state index in [1.54, 1.807) is 11.1 Å². The van der Waals surface area contributed by atoms with E-state index in [4.69, 9.17) is 0 Å². The maximum atomic E-state index is 2.33. The fourth-order valence-electron chi connectivity index (χ4n) is 1.97. The second-order valence-electron chi connectivity index (χ2n) is 3.79. The number of hydrogen-bond acceptors (Lipinski definition) is 0. The second-order valence-corrected chi connectivity index (χ2v) is 3.79. The van der Waals surface area contributed by atoms with E-state index in [9.17, 15) is 0 Å². The Morgan fingerprint density at radius 1 is 1.17 bits per heavy atom. The van der Waals surface area contributed by atoms with Crippen molar-refractivity contribution in [1.82, 2.24) is 0 Å². The van der Waals surface area contributed by atoms with Gasteiger partial charge in [-0.1, -0.05) is 30.7 Å². The Morgan fingerprint density at radius 3 is 2.58 bits per heavy atom. The maximum Gasteiger partial charge on any atom is -0.0247 e. The lowest BCUT2D eigenvalue weighted by molar-refractivity contribution is 0.628. The van der Waals surface area contributed by atoms with Crippen LogP contribution in [0.1, 0.15) is 23.6 Å². The average molecular weight is 183 g/mol. The molecule has 1 aliphatic carbocycles. The van der Waals surface area contributed by atoms with E-state index in [1.165, 1.54) is 18.4 Å². The van der Waals surface area contributed by atoms with E-state index >= 15 is 0 Å². The van der Waals surface area contributed by atoms with Gasteiger partial charge in [0.05, 0.1) is 0 Å². The van der Waals surface area contributed by atoms with Crippen molar-refractivity contribution in [2.24, 2.45) is 5.92 Å². The Labute approximate surface area is 80.4 Å². The summed E-state index contributed by atoms with van der Waals surface area (Å²) in [5.41, 5.74) is 4.55. The minimum atomic E-state index is 0. The van der Waals surface area contributed by atoms with Crippen molar-refractivity contribution >= 4 is 12.4 Å². The zero-order valence-corrected chi connectivity index (χ0v) is 8.45. The van der Waals surface area contributed by atoms with Crippen molar-refractivity contribution in [3.63, 3.8) is 0 Å². The van der Waals surface area contributed by atoms with Gasteiger partial charge in [-0.15, -0.1) is 12.4 Å². The first-order valence-electron chi connectivity index (χ1n) is 4.34. The molecule has 0 radical (unpaired) electrons. The summed E-state index contributed by atoms with van der Waals surface area (Å²) >= 11 is 0. The van der Waals surface area contributed by atoms with Crippen molar-refractivity contribution in [2.75, 3.05) is 0 Å². The molecule has 2 rings (SSSR count). The summed E-state index contributed by atoms with van der Waals surface area (Å²) in [6.45, 7) is 4.50. The predicted octanol–water partition coefficient (Wildman–Crippen LogP) is 3.15. The Hall–Kier alpha value is -0.490. The van der Waals surface area contributed by atoms with E-state index in [1.807, 2.05) is 0 Å². The van der Waals surface area contributed by atoms with Crippen LogP contribution in [0.15, 0.2) is 18.2 Å². The predicted molar refractivity (Wildman–Crippen MR) is 55.0 cm³/mol. The van der Waals surface area contributed by atoms with Gasteiger partial charge in [0, 0.05) is 0 Å². The SMILES string of the molecule is Cc1ccc2c(c1)CC(C)C2.Cl. The Balaban J connectivity index is 0.000000720. The van der Waals surface area contributed by atoms with Crippen molar-refractivity contribution in [1.29, 1.82) is 0 Å². The lowest BCUT2D eigenvalue weighted by Gasteiger charge is -1.98. The summed E-state index contributed by atoms with van der Waals surface area (Å²) in [5, 5.41) is 0. The zero-order valence-electron chi connectivity index (χ0n) is 7.63. The number of hydrogen-bond donors (Lipinski definition) is 0. The molecular weight excluding hydrogens is 168 g/mol. The molecule has 0 saturated heterocycles. The number of aryl methyl sites for hydroxylation is 1. The van der Waals surface area contributed by atoms with Crippen LogP contribution in [0.5, 0.6) is 0 Å². The van der Waals surface area contributed by atoms with E-state index in [-0.39, 0.29) is 12.4 Å². The van der Waals surface area contributed by atoms with Gasteiger partial charge in [-0.3, -0.25) is 0 Å². The fourth-order valence-corrected chi connectivity index (χ4v) is 1.97. The molecule has 0 fully saturated rings. The number of benzene rings is 1. The molecule has 1 heteroatoms. The number of rotatable bonds is 0. The summed E-state index contributed by atoms with van der Waals surface area (Å²) in [7, 11) is 0. The summed E-state index contributed by atoms with van der Waals surface area (Å²) in [6.07, 6.45) is 2.58. The Morgan fingerprint density at radius 2 is 1.83 bits per heavy atom. The largest absolute Gasteiger partial charge is 0.147 e.